The van der Waals surface area contributed by atoms with Gasteiger partial charge >= 0.3 is 0 Å². The minimum Gasteiger partial charge on any atom is -0.381 e. The Labute approximate surface area is 165 Å². The first-order valence-corrected chi connectivity index (χ1v) is 11.4. The molecule has 148 valence electrons. The number of amides is 1. The van der Waals surface area contributed by atoms with Crippen molar-refractivity contribution in [1.82, 2.24) is 9.80 Å². The maximum absolute atomic E-state index is 12.6. The zero-order chi connectivity index (χ0) is 18.3. The molecule has 6 heteroatoms. The van der Waals surface area contributed by atoms with Crippen molar-refractivity contribution in [3.05, 3.63) is 22.4 Å². The van der Waals surface area contributed by atoms with Gasteiger partial charge in [0.05, 0.1) is 16.5 Å². The van der Waals surface area contributed by atoms with Gasteiger partial charge < -0.3 is 14.4 Å². The van der Waals surface area contributed by atoms with Crippen molar-refractivity contribution in [3.8, 4) is 0 Å². The molecule has 1 spiro atoms. The number of thiophene rings is 1. The quantitative estimate of drug-likeness (QED) is 0.775. The first-order chi connectivity index (χ1) is 13.3. The standard InChI is InChI=1S/C21H30N2O3S/c24-20(18-2-1-13-27-18)22-9-5-17(6-10-22)23-14-19(26-15-16-3-4-16)21(23)7-11-25-12-8-21/h1-2,13,16-17,19H,3-12,14-15H2. The lowest BCUT2D eigenvalue weighted by atomic mass is 9.73. The van der Waals surface area contributed by atoms with Crippen LogP contribution in [0.15, 0.2) is 17.5 Å². The van der Waals surface area contributed by atoms with Gasteiger partial charge in [-0.3, -0.25) is 9.69 Å². The number of ether oxygens (including phenoxy) is 2. The second-order valence-corrected chi connectivity index (χ2v) is 9.58. The molecule has 5 rings (SSSR count). The molecule has 3 aliphatic heterocycles. The van der Waals surface area contributed by atoms with Gasteiger partial charge in [-0.05, 0) is 55.9 Å². The van der Waals surface area contributed by atoms with Crippen LogP contribution < -0.4 is 0 Å². The van der Waals surface area contributed by atoms with Gasteiger partial charge in [-0.25, -0.2) is 0 Å². The van der Waals surface area contributed by atoms with E-state index in [4.69, 9.17) is 9.47 Å². The fourth-order valence-corrected chi connectivity index (χ4v) is 5.82. The highest BCUT2D eigenvalue weighted by atomic mass is 32.1. The molecule has 1 unspecified atom stereocenters. The average Bonchev–Trinajstić information content (AvgIpc) is 3.38. The predicted molar refractivity (Wildman–Crippen MR) is 105 cm³/mol. The smallest absolute Gasteiger partial charge is 0.263 e. The molecule has 4 heterocycles. The first-order valence-electron chi connectivity index (χ1n) is 10.6. The molecule has 1 atom stereocenters. The van der Waals surface area contributed by atoms with Crippen LogP contribution in [0.4, 0.5) is 0 Å². The predicted octanol–water partition coefficient (Wildman–Crippen LogP) is 3.01. The van der Waals surface area contributed by atoms with E-state index in [0.717, 1.165) is 75.9 Å². The van der Waals surface area contributed by atoms with Gasteiger partial charge in [0.1, 0.15) is 0 Å². The molecule has 27 heavy (non-hydrogen) atoms. The van der Waals surface area contributed by atoms with Crippen LogP contribution in [-0.4, -0.2) is 72.8 Å². The van der Waals surface area contributed by atoms with E-state index in [-0.39, 0.29) is 11.4 Å². The zero-order valence-corrected chi connectivity index (χ0v) is 16.8. The summed E-state index contributed by atoms with van der Waals surface area (Å²) in [6.07, 6.45) is 7.43. The molecule has 4 fully saturated rings. The average molecular weight is 391 g/mol. The van der Waals surface area contributed by atoms with Crippen molar-refractivity contribution >= 4 is 17.2 Å². The molecule has 5 nitrogen and oxygen atoms in total. The van der Waals surface area contributed by atoms with E-state index in [0.29, 0.717) is 12.1 Å². The summed E-state index contributed by atoms with van der Waals surface area (Å²) in [4.78, 5) is 18.2. The van der Waals surface area contributed by atoms with Crippen molar-refractivity contribution in [2.75, 3.05) is 39.5 Å². The van der Waals surface area contributed by atoms with Crippen molar-refractivity contribution in [1.29, 1.82) is 0 Å². The Balaban J connectivity index is 1.20. The molecular formula is C21H30N2O3S. The monoisotopic (exact) mass is 390 g/mol. The second-order valence-electron chi connectivity index (χ2n) is 8.63. The Morgan fingerprint density at radius 3 is 2.67 bits per heavy atom. The summed E-state index contributed by atoms with van der Waals surface area (Å²) in [7, 11) is 0. The van der Waals surface area contributed by atoms with E-state index in [2.05, 4.69) is 4.90 Å². The van der Waals surface area contributed by atoms with E-state index < -0.39 is 0 Å². The van der Waals surface area contributed by atoms with Crippen LogP contribution in [0.5, 0.6) is 0 Å². The van der Waals surface area contributed by atoms with Gasteiger partial charge in [-0.2, -0.15) is 0 Å². The van der Waals surface area contributed by atoms with Crippen LogP contribution >= 0.6 is 11.3 Å². The van der Waals surface area contributed by atoms with Gasteiger partial charge in [-0.1, -0.05) is 6.07 Å². The molecular weight excluding hydrogens is 360 g/mol. The number of piperidine rings is 1. The van der Waals surface area contributed by atoms with Gasteiger partial charge in [0, 0.05) is 45.5 Å². The van der Waals surface area contributed by atoms with Crippen LogP contribution in [0, 0.1) is 5.92 Å². The third kappa shape index (κ3) is 3.46. The lowest BCUT2D eigenvalue weighted by Crippen LogP contribution is -2.76. The summed E-state index contributed by atoms with van der Waals surface area (Å²) >= 11 is 1.55. The number of rotatable bonds is 5. The lowest BCUT2D eigenvalue weighted by molar-refractivity contribution is -0.217. The van der Waals surface area contributed by atoms with E-state index >= 15 is 0 Å². The highest BCUT2D eigenvalue weighted by Gasteiger charge is 2.57. The van der Waals surface area contributed by atoms with Crippen LogP contribution in [-0.2, 0) is 9.47 Å². The maximum atomic E-state index is 12.6. The fourth-order valence-electron chi connectivity index (χ4n) is 5.13. The van der Waals surface area contributed by atoms with Crippen molar-refractivity contribution < 1.29 is 14.3 Å². The second kappa shape index (κ2) is 7.47. The third-order valence-electron chi connectivity index (χ3n) is 7.05. The number of likely N-dealkylation sites (tertiary alicyclic amines) is 2. The molecule has 1 saturated carbocycles. The summed E-state index contributed by atoms with van der Waals surface area (Å²) < 4.78 is 12.0. The highest BCUT2D eigenvalue weighted by molar-refractivity contribution is 7.12. The largest absolute Gasteiger partial charge is 0.381 e. The van der Waals surface area contributed by atoms with Crippen LogP contribution in [0.2, 0.25) is 0 Å². The zero-order valence-electron chi connectivity index (χ0n) is 16.0. The normalized spacial score (nSPS) is 29.0. The number of nitrogens with zero attached hydrogens (tertiary/aromatic N) is 2. The summed E-state index contributed by atoms with van der Waals surface area (Å²) in [6.45, 7) is 5.48. The summed E-state index contributed by atoms with van der Waals surface area (Å²) in [5.74, 6) is 1.03. The molecule has 1 aromatic heterocycles. The van der Waals surface area contributed by atoms with Crippen molar-refractivity contribution in [2.24, 2.45) is 5.92 Å². The van der Waals surface area contributed by atoms with Gasteiger partial charge in [0.2, 0.25) is 0 Å². The van der Waals surface area contributed by atoms with Gasteiger partial charge in [0.15, 0.2) is 0 Å². The Hall–Kier alpha value is -0.950. The van der Waals surface area contributed by atoms with Crippen LogP contribution in [0.3, 0.4) is 0 Å². The van der Waals surface area contributed by atoms with E-state index in [9.17, 15) is 4.79 Å². The molecule has 3 saturated heterocycles. The fraction of sp³-hybridized carbons (Fsp3) is 0.762. The number of hydrogen-bond acceptors (Lipinski definition) is 5. The lowest BCUT2D eigenvalue weighted by Gasteiger charge is -2.63. The summed E-state index contributed by atoms with van der Waals surface area (Å²) in [5.41, 5.74) is 0.192. The minimum absolute atomic E-state index is 0.192. The summed E-state index contributed by atoms with van der Waals surface area (Å²) in [6, 6.07) is 4.48. The van der Waals surface area contributed by atoms with E-state index in [1.54, 1.807) is 11.3 Å². The molecule has 1 amide bonds. The molecule has 0 radical (unpaired) electrons. The Bertz CT molecular complexity index is 646. The maximum Gasteiger partial charge on any atom is 0.263 e. The summed E-state index contributed by atoms with van der Waals surface area (Å²) in [5, 5.41) is 1.98. The molecule has 0 N–H and O–H groups in total. The van der Waals surface area contributed by atoms with Crippen LogP contribution in [0.25, 0.3) is 0 Å². The number of carbonyl (C=O) groups is 1. The SMILES string of the molecule is O=C(c1cccs1)N1CCC(N2CC(OCC3CC3)C23CCOCC3)CC1. The van der Waals surface area contributed by atoms with E-state index in [1.807, 2.05) is 22.4 Å². The number of hydrogen-bond donors (Lipinski definition) is 0. The molecule has 1 aliphatic carbocycles. The Morgan fingerprint density at radius 2 is 2.00 bits per heavy atom. The molecule has 0 bridgehead atoms. The topological polar surface area (TPSA) is 42.0 Å². The van der Waals surface area contributed by atoms with Gasteiger partial charge in [0.25, 0.3) is 5.91 Å². The molecule has 4 aliphatic rings. The minimum atomic E-state index is 0.192. The van der Waals surface area contributed by atoms with E-state index in [1.165, 1.54) is 12.8 Å². The van der Waals surface area contributed by atoms with Crippen molar-refractivity contribution in [2.45, 2.75) is 56.2 Å². The Kier molecular flexibility index (Phi) is 5.01. The Morgan fingerprint density at radius 1 is 1.22 bits per heavy atom. The molecule has 0 aromatic carbocycles. The number of carbonyl (C=O) groups excluding carboxylic acids is 1. The van der Waals surface area contributed by atoms with Crippen molar-refractivity contribution in [3.63, 3.8) is 0 Å². The third-order valence-corrected chi connectivity index (χ3v) is 7.90. The first kappa shape index (κ1) is 18.1. The molecule has 1 aromatic rings. The highest BCUT2D eigenvalue weighted by Crippen LogP contribution is 2.45. The van der Waals surface area contributed by atoms with Gasteiger partial charge in [-0.15, -0.1) is 11.3 Å². The van der Waals surface area contributed by atoms with Crippen LogP contribution in [0.1, 0.15) is 48.2 Å².